The van der Waals surface area contributed by atoms with Gasteiger partial charge in [-0.1, -0.05) is 6.92 Å². The highest BCUT2D eigenvalue weighted by molar-refractivity contribution is 5.81. The predicted octanol–water partition coefficient (Wildman–Crippen LogP) is 1.84. The van der Waals surface area contributed by atoms with Gasteiger partial charge in [-0.2, -0.15) is 5.26 Å². The van der Waals surface area contributed by atoms with Gasteiger partial charge in [0.15, 0.2) is 0 Å². The number of rotatable bonds is 5. The Morgan fingerprint density at radius 3 is 2.27 bits per heavy atom. The van der Waals surface area contributed by atoms with E-state index in [-0.39, 0.29) is 5.91 Å². The Bertz CT molecular complexity index is 274. The lowest BCUT2D eigenvalue weighted by Gasteiger charge is -2.19. The smallest absolute Gasteiger partial charge is 0.237 e. The molecular weight excluding hydrogens is 188 g/mol. The van der Waals surface area contributed by atoms with Gasteiger partial charge in [0.05, 0.1) is 6.07 Å². The van der Waals surface area contributed by atoms with E-state index in [1.807, 2.05) is 6.92 Å². The van der Waals surface area contributed by atoms with Crippen molar-refractivity contribution in [3.8, 4) is 6.07 Å². The van der Waals surface area contributed by atoms with Crippen LogP contribution in [0.1, 0.15) is 39.0 Å². The monoisotopic (exact) mass is 206 g/mol. The summed E-state index contributed by atoms with van der Waals surface area (Å²) in [4.78, 5) is 11.7. The minimum Gasteiger partial charge on any atom is -0.352 e. The van der Waals surface area contributed by atoms with E-state index in [0.29, 0.717) is 24.3 Å². The highest BCUT2D eigenvalue weighted by Gasteiger charge is 2.42. The molecule has 0 aliphatic heterocycles. The zero-order valence-electron chi connectivity index (χ0n) is 9.20. The van der Waals surface area contributed by atoms with Gasteiger partial charge >= 0.3 is 0 Å². The highest BCUT2D eigenvalue weighted by Crippen LogP contribution is 2.44. The van der Waals surface area contributed by atoms with Crippen molar-refractivity contribution in [3.05, 3.63) is 0 Å². The highest BCUT2D eigenvalue weighted by atomic mass is 16.1. The molecule has 0 heterocycles. The zero-order valence-corrected chi connectivity index (χ0v) is 9.20. The fourth-order valence-corrected chi connectivity index (χ4v) is 2.13. The molecule has 1 unspecified atom stereocenters. The lowest BCUT2D eigenvalue weighted by Crippen LogP contribution is -2.41. The maximum Gasteiger partial charge on any atom is 0.237 e. The molecule has 1 N–H and O–H groups in total. The van der Waals surface area contributed by atoms with Gasteiger partial charge in [-0.3, -0.25) is 4.79 Å². The second-order valence-corrected chi connectivity index (χ2v) is 4.80. The maximum atomic E-state index is 11.7. The molecule has 0 aromatic heterocycles. The normalized spacial score (nSPS) is 22.2. The SMILES string of the molecule is CCC(C#N)C(=O)NC(C1CC1)C1CC1. The molecule has 0 saturated heterocycles. The average Bonchev–Trinajstić information content (AvgIpc) is 3.08. The summed E-state index contributed by atoms with van der Waals surface area (Å²) >= 11 is 0. The molecule has 15 heavy (non-hydrogen) atoms. The van der Waals surface area contributed by atoms with Gasteiger partial charge in [0.25, 0.3) is 0 Å². The first kappa shape index (κ1) is 10.5. The number of nitriles is 1. The van der Waals surface area contributed by atoms with Gasteiger partial charge in [-0.15, -0.1) is 0 Å². The Labute approximate surface area is 90.8 Å². The summed E-state index contributed by atoms with van der Waals surface area (Å²) in [5.74, 6) is 0.907. The molecule has 3 nitrogen and oxygen atoms in total. The van der Waals surface area contributed by atoms with Crippen LogP contribution in [-0.2, 0) is 4.79 Å². The van der Waals surface area contributed by atoms with Gasteiger partial charge in [-0.05, 0) is 43.9 Å². The summed E-state index contributed by atoms with van der Waals surface area (Å²) in [7, 11) is 0. The van der Waals surface area contributed by atoms with E-state index in [0.717, 1.165) is 0 Å². The van der Waals surface area contributed by atoms with E-state index in [1.165, 1.54) is 25.7 Å². The summed E-state index contributed by atoms with van der Waals surface area (Å²) in [5.41, 5.74) is 0. The van der Waals surface area contributed by atoms with E-state index in [9.17, 15) is 4.79 Å². The number of hydrogen-bond acceptors (Lipinski definition) is 2. The van der Waals surface area contributed by atoms with Gasteiger partial charge < -0.3 is 5.32 Å². The maximum absolute atomic E-state index is 11.7. The fraction of sp³-hybridized carbons (Fsp3) is 0.833. The van der Waals surface area contributed by atoms with Crippen molar-refractivity contribution in [2.75, 3.05) is 0 Å². The van der Waals surface area contributed by atoms with Crippen LogP contribution < -0.4 is 5.32 Å². The van der Waals surface area contributed by atoms with Crippen LogP contribution in [0.2, 0.25) is 0 Å². The third-order valence-corrected chi connectivity index (χ3v) is 3.45. The number of nitrogens with zero attached hydrogens (tertiary/aromatic N) is 1. The van der Waals surface area contributed by atoms with Crippen LogP contribution in [-0.4, -0.2) is 11.9 Å². The number of amides is 1. The molecule has 2 aliphatic carbocycles. The molecule has 2 aliphatic rings. The Balaban J connectivity index is 1.88. The molecule has 2 saturated carbocycles. The Kier molecular flexibility index (Phi) is 2.95. The lowest BCUT2D eigenvalue weighted by molar-refractivity contribution is -0.124. The zero-order chi connectivity index (χ0) is 10.8. The molecule has 0 spiro atoms. The van der Waals surface area contributed by atoms with Gasteiger partial charge in [0.1, 0.15) is 5.92 Å². The predicted molar refractivity (Wildman–Crippen MR) is 56.8 cm³/mol. The topological polar surface area (TPSA) is 52.9 Å². The van der Waals surface area contributed by atoms with E-state index in [2.05, 4.69) is 11.4 Å². The van der Waals surface area contributed by atoms with Crippen molar-refractivity contribution >= 4 is 5.91 Å². The van der Waals surface area contributed by atoms with Crippen LogP contribution in [0.4, 0.5) is 0 Å². The molecular formula is C12H18N2O. The largest absolute Gasteiger partial charge is 0.352 e. The quantitative estimate of drug-likeness (QED) is 0.746. The van der Waals surface area contributed by atoms with Crippen molar-refractivity contribution in [2.45, 2.75) is 45.1 Å². The summed E-state index contributed by atoms with van der Waals surface area (Å²) in [6.45, 7) is 1.89. The number of hydrogen-bond donors (Lipinski definition) is 1. The molecule has 3 heteroatoms. The molecule has 0 bridgehead atoms. The molecule has 1 atom stereocenters. The van der Waals surface area contributed by atoms with Crippen molar-refractivity contribution in [1.82, 2.24) is 5.32 Å². The molecule has 2 rings (SSSR count). The molecule has 1 amide bonds. The summed E-state index contributed by atoms with van der Waals surface area (Å²) in [5, 5.41) is 11.9. The number of carbonyl (C=O) groups excluding carboxylic acids is 1. The summed E-state index contributed by atoms with van der Waals surface area (Å²) in [6.07, 6.45) is 5.63. The third-order valence-electron chi connectivity index (χ3n) is 3.45. The van der Waals surface area contributed by atoms with Crippen molar-refractivity contribution in [3.63, 3.8) is 0 Å². The number of carbonyl (C=O) groups is 1. The summed E-state index contributed by atoms with van der Waals surface area (Å²) in [6, 6.07) is 2.44. The van der Waals surface area contributed by atoms with E-state index < -0.39 is 5.92 Å². The fourth-order valence-electron chi connectivity index (χ4n) is 2.13. The average molecular weight is 206 g/mol. The molecule has 0 aromatic rings. The molecule has 0 aromatic carbocycles. The second-order valence-electron chi connectivity index (χ2n) is 4.80. The number of nitrogens with one attached hydrogen (secondary N) is 1. The van der Waals surface area contributed by atoms with E-state index in [4.69, 9.17) is 5.26 Å². The Hall–Kier alpha value is -1.04. The van der Waals surface area contributed by atoms with Crippen LogP contribution in [0.25, 0.3) is 0 Å². The van der Waals surface area contributed by atoms with Crippen molar-refractivity contribution in [1.29, 1.82) is 5.26 Å². The van der Waals surface area contributed by atoms with Crippen LogP contribution in [0.3, 0.4) is 0 Å². The standard InChI is InChI=1S/C12H18N2O/c1-2-8(7-13)12(15)14-11(9-3-4-9)10-5-6-10/h8-11H,2-6H2,1H3,(H,14,15). The second kappa shape index (κ2) is 4.22. The van der Waals surface area contributed by atoms with Crippen molar-refractivity contribution in [2.24, 2.45) is 17.8 Å². The Morgan fingerprint density at radius 2 is 1.93 bits per heavy atom. The Morgan fingerprint density at radius 1 is 1.40 bits per heavy atom. The minimum absolute atomic E-state index is 0.0520. The molecule has 82 valence electrons. The first-order valence-electron chi connectivity index (χ1n) is 5.96. The first-order valence-corrected chi connectivity index (χ1v) is 5.96. The van der Waals surface area contributed by atoms with Crippen LogP contribution >= 0.6 is 0 Å². The van der Waals surface area contributed by atoms with Crippen LogP contribution in [0, 0.1) is 29.1 Å². The third kappa shape index (κ3) is 2.50. The van der Waals surface area contributed by atoms with Gasteiger partial charge in [0.2, 0.25) is 5.91 Å². The van der Waals surface area contributed by atoms with Crippen LogP contribution in [0.5, 0.6) is 0 Å². The van der Waals surface area contributed by atoms with Gasteiger partial charge in [0, 0.05) is 6.04 Å². The van der Waals surface area contributed by atoms with Gasteiger partial charge in [-0.25, -0.2) is 0 Å². The van der Waals surface area contributed by atoms with Crippen molar-refractivity contribution < 1.29 is 4.79 Å². The molecule has 2 fully saturated rings. The van der Waals surface area contributed by atoms with E-state index in [1.54, 1.807) is 0 Å². The lowest BCUT2D eigenvalue weighted by atomic mass is 10.0. The molecule has 0 radical (unpaired) electrons. The first-order chi connectivity index (χ1) is 7.26. The van der Waals surface area contributed by atoms with Crippen LogP contribution in [0.15, 0.2) is 0 Å². The minimum atomic E-state index is -0.454. The summed E-state index contributed by atoms with van der Waals surface area (Å²) < 4.78 is 0. The van der Waals surface area contributed by atoms with E-state index >= 15 is 0 Å².